The van der Waals surface area contributed by atoms with Crippen molar-refractivity contribution in [1.29, 1.82) is 0 Å². The highest BCUT2D eigenvalue weighted by Crippen LogP contribution is 2.16. The van der Waals surface area contributed by atoms with Crippen LogP contribution in [0.5, 0.6) is 0 Å². The van der Waals surface area contributed by atoms with E-state index in [2.05, 4.69) is 23.6 Å². The number of aryl methyl sites for hydroxylation is 1. The molecule has 1 aromatic rings. The molecule has 2 rings (SSSR count). The Morgan fingerprint density at radius 2 is 2.14 bits per heavy atom. The predicted octanol–water partition coefficient (Wildman–Crippen LogP) is 3.14. The lowest BCUT2D eigenvalue weighted by Crippen LogP contribution is -2.36. The number of ether oxygens (including phenoxy) is 1. The fourth-order valence-electron chi connectivity index (χ4n) is 2.61. The number of rotatable bonds is 6. The van der Waals surface area contributed by atoms with Crippen LogP contribution in [0.4, 0.5) is 4.79 Å². The minimum atomic E-state index is -0.0946. The van der Waals surface area contributed by atoms with Gasteiger partial charge in [-0.25, -0.2) is 4.79 Å². The van der Waals surface area contributed by atoms with E-state index >= 15 is 0 Å². The topological polar surface area (TPSA) is 50.4 Å². The molecular formula is C17H26N2O2. The Morgan fingerprint density at radius 3 is 2.90 bits per heavy atom. The summed E-state index contributed by atoms with van der Waals surface area (Å²) in [5.74, 6) is 0. The lowest BCUT2D eigenvalue weighted by atomic mass is 10.0. The normalized spacial score (nSPS) is 18.2. The van der Waals surface area contributed by atoms with E-state index in [4.69, 9.17) is 4.74 Å². The molecule has 0 aromatic heterocycles. The molecule has 116 valence electrons. The third kappa shape index (κ3) is 5.76. The second kappa shape index (κ2) is 8.67. The van der Waals surface area contributed by atoms with Gasteiger partial charge in [-0.3, -0.25) is 0 Å². The Bertz CT molecular complexity index is 442. The van der Waals surface area contributed by atoms with Crippen molar-refractivity contribution in [2.45, 2.75) is 51.7 Å². The van der Waals surface area contributed by atoms with Gasteiger partial charge in [-0.05, 0) is 50.2 Å². The molecule has 1 atom stereocenters. The number of nitrogens with one attached hydrogen (secondary N) is 2. The fraction of sp³-hybridized carbons (Fsp3) is 0.588. The maximum atomic E-state index is 11.7. The number of urea groups is 1. The minimum Gasteiger partial charge on any atom is -0.378 e. The molecule has 0 saturated carbocycles. The monoisotopic (exact) mass is 290 g/mol. The third-order valence-corrected chi connectivity index (χ3v) is 3.96. The Labute approximate surface area is 127 Å². The summed E-state index contributed by atoms with van der Waals surface area (Å²) in [6.07, 6.45) is 6.04. The van der Waals surface area contributed by atoms with E-state index < -0.39 is 0 Å². The van der Waals surface area contributed by atoms with E-state index in [9.17, 15) is 4.79 Å². The van der Waals surface area contributed by atoms with Gasteiger partial charge in [0.05, 0.1) is 6.10 Å². The van der Waals surface area contributed by atoms with Gasteiger partial charge in [-0.2, -0.15) is 0 Å². The Balaban J connectivity index is 1.56. The summed E-state index contributed by atoms with van der Waals surface area (Å²) in [5, 5.41) is 5.80. The van der Waals surface area contributed by atoms with Crippen LogP contribution in [0.15, 0.2) is 24.3 Å². The van der Waals surface area contributed by atoms with Gasteiger partial charge in [0.15, 0.2) is 0 Å². The number of hydrogen-bond acceptors (Lipinski definition) is 2. The molecule has 0 aliphatic carbocycles. The highest BCUT2D eigenvalue weighted by Gasteiger charge is 2.13. The van der Waals surface area contributed by atoms with Crippen LogP contribution in [0.2, 0.25) is 0 Å². The van der Waals surface area contributed by atoms with Crippen LogP contribution in [0.25, 0.3) is 0 Å². The van der Waals surface area contributed by atoms with Gasteiger partial charge in [-0.1, -0.05) is 24.3 Å². The third-order valence-electron chi connectivity index (χ3n) is 3.96. The molecule has 1 aromatic carbocycles. The quantitative estimate of drug-likeness (QED) is 0.791. The van der Waals surface area contributed by atoms with Crippen LogP contribution in [-0.4, -0.2) is 25.3 Å². The van der Waals surface area contributed by atoms with Gasteiger partial charge in [-0.15, -0.1) is 0 Å². The standard InChI is InChI=1S/C17H26N2O2/c1-14-7-2-3-8-15(14)13-19-17(20)18-11-6-10-16-9-4-5-12-21-16/h2-3,7-8,16H,4-6,9-13H2,1H3,(H2,18,19,20)/t16-/m1/s1. The zero-order chi connectivity index (χ0) is 14.9. The van der Waals surface area contributed by atoms with Crippen molar-refractivity contribution >= 4 is 6.03 Å². The molecule has 2 N–H and O–H groups in total. The average Bonchev–Trinajstić information content (AvgIpc) is 2.52. The Morgan fingerprint density at radius 1 is 1.29 bits per heavy atom. The smallest absolute Gasteiger partial charge is 0.315 e. The minimum absolute atomic E-state index is 0.0946. The molecule has 1 aliphatic rings. The maximum absolute atomic E-state index is 11.7. The zero-order valence-electron chi connectivity index (χ0n) is 12.9. The van der Waals surface area contributed by atoms with Gasteiger partial charge < -0.3 is 15.4 Å². The van der Waals surface area contributed by atoms with Crippen molar-refractivity contribution in [3.8, 4) is 0 Å². The summed E-state index contributed by atoms with van der Waals surface area (Å²) in [7, 11) is 0. The average molecular weight is 290 g/mol. The molecule has 1 heterocycles. The van der Waals surface area contributed by atoms with Crippen molar-refractivity contribution < 1.29 is 9.53 Å². The molecule has 21 heavy (non-hydrogen) atoms. The largest absolute Gasteiger partial charge is 0.378 e. The van der Waals surface area contributed by atoms with E-state index in [0.29, 0.717) is 19.2 Å². The van der Waals surface area contributed by atoms with Crippen molar-refractivity contribution in [3.63, 3.8) is 0 Å². The molecule has 1 fully saturated rings. The van der Waals surface area contributed by atoms with Gasteiger partial charge >= 0.3 is 6.03 Å². The highest BCUT2D eigenvalue weighted by molar-refractivity contribution is 5.73. The lowest BCUT2D eigenvalue weighted by Gasteiger charge is -2.22. The van der Waals surface area contributed by atoms with Crippen molar-refractivity contribution in [2.75, 3.05) is 13.2 Å². The molecule has 1 aliphatic heterocycles. The Kier molecular flexibility index (Phi) is 6.54. The summed E-state index contributed by atoms with van der Waals surface area (Å²) in [4.78, 5) is 11.7. The van der Waals surface area contributed by atoms with Crippen LogP contribution in [0.1, 0.15) is 43.2 Å². The van der Waals surface area contributed by atoms with Gasteiger partial charge in [0.1, 0.15) is 0 Å². The van der Waals surface area contributed by atoms with E-state index in [1.807, 2.05) is 18.2 Å². The summed E-state index contributed by atoms with van der Waals surface area (Å²) >= 11 is 0. The number of hydrogen-bond donors (Lipinski definition) is 2. The van der Waals surface area contributed by atoms with Crippen molar-refractivity contribution in [2.24, 2.45) is 0 Å². The molecule has 0 unspecified atom stereocenters. The highest BCUT2D eigenvalue weighted by atomic mass is 16.5. The molecule has 1 saturated heterocycles. The number of carbonyl (C=O) groups is 1. The number of carbonyl (C=O) groups excluding carboxylic acids is 1. The van der Waals surface area contributed by atoms with E-state index in [-0.39, 0.29) is 6.03 Å². The first-order valence-electron chi connectivity index (χ1n) is 7.93. The molecule has 0 bridgehead atoms. The lowest BCUT2D eigenvalue weighted by molar-refractivity contribution is 0.0103. The van der Waals surface area contributed by atoms with Crippen LogP contribution < -0.4 is 10.6 Å². The predicted molar refractivity (Wildman–Crippen MR) is 84.2 cm³/mol. The molecular weight excluding hydrogens is 264 g/mol. The first kappa shape index (κ1) is 15.8. The molecule has 4 heteroatoms. The van der Waals surface area contributed by atoms with Crippen molar-refractivity contribution in [1.82, 2.24) is 10.6 Å². The summed E-state index contributed by atoms with van der Waals surface area (Å²) in [6, 6.07) is 8.00. The molecule has 2 amide bonds. The Hall–Kier alpha value is -1.55. The zero-order valence-corrected chi connectivity index (χ0v) is 12.9. The van der Waals surface area contributed by atoms with E-state index in [1.54, 1.807) is 0 Å². The van der Waals surface area contributed by atoms with Crippen LogP contribution in [0, 0.1) is 6.92 Å². The summed E-state index contributed by atoms with van der Waals surface area (Å²) in [6.45, 7) is 4.23. The first-order chi connectivity index (χ1) is 10.3. The molecule has 4 nitrogen and oxygen atoms in total. The van der Waals surface area contributed by atoms with Gasteiger partial charge in [0.2, 0.25) is 0 Å². The SMILES string of the molecule is Cc1ccccc1CNC(=O)NCCC[C@H]1CCCCO1. The number of benzene rings is 1. The van der Waals surface area contributed by atoms with Crippen molar-refractivity contribution in [3.05, 3.63) is 35.4 Å². The van der Waals surface area contributed by atoms with Crippen LogP contribution in [-0.2, 0) is 11.3 Å². The fourth-order valence-corrected chi connectivity index (χ4v) is 2.61. The second-order valence-electron chi connectivity index (χ2n) is 5.67. The first-order valence-corrected chi connectivity index (χ1v) is 7.93. The molecule has 0 radical (unpaired) electrons. The van der Waals surface area contributed by atoms with Gasteiger partial charge in [0.25, 0.3) is 0 Å². The van der Waals surface area contributed by atoms with Gasteiger partial charge in [0, 0.05) is 19.7 Å². The summed E-state index contributed by atoms with van der Waals surface area (Å²) < 4.78 is 5.68. The molecule has 0 spiro atoms. The maximum Gasteiger partial charge on any atom is 0.315 e. The summed E-state index contributed by atoms with van der Waals surface area (Å²) in [5.41, 5.74) is 2.36. The number of amides is 2. The second-order valence-corrected chi connectivity index (χ2v) is 5.67. The van der Waals surface area contributed by atoms with Crippen LogP contribution >= 0.6 is 0 Å². The van der Waals surface area contributed by atoms with E-state index in [0.717, 1.165) is 25.0 Å². The van der Waals surface area contributed by atoms with E-state index in [1.165, 1.54) is 24.8 Å². The van der Waals surface area contributed by atoms with Crippen LogP contribution in [0.3, 0.4) is 0 Å².